The monoisotopic (exact) mass is 422 g/mol. The van der Waals surface area contributed by atoms with Crippen LogP contribution in [0.5, 0.6) is 11.5 Å². The van der Waals surface area contributed by atoms with Gasteiger partial charge in [-0.25, -0.2) is 0 Å². The molecule has 152 valence electrons. The van der Waals surface area contributed by atoms with E-state index in [2.05, 4.69) is 24.3 Å². The number of hydrogen-bond acceptors (Lipinski definition) is 5. The molecular formula is C28H14N4O. The lowest BCUT2D eigenvalue weighted by atomic mass is 10.00. The van der Waals surface area contributed by atoms with E-state index >= 15 is 0 Å². The predicted molar refractivity (Wildman–Crippen MR) is 123 cm³/mol. The number of hydrogen-bond donors (Lipinski definition) is 0. The van der Waals surface area contributed by atoms with Crippen LogP contribution in [0.3, 0.4) is 0 Å². The van der Waals surface area contributed by atoms with Crippen molar-refractivity contribution >= 4 is 0 Å². The lowest BCUT2D eigenvalue weighted by Gasteiger charge is -2.16. The van der Waals surface area contributed by atoms with E-state index in [-0.39, 0.29) is 0 Å². The van der Waals surface area contributed by atoms with Gasteiger partial charge in [-0.2, -0.15) is 21.0 Å². The molecule has 33 heavy (non-hydrogen) atoms. The maximum Gasteiger partial charge on any atom is 0.136 e. The maximum atomic E-state index is 9.41. The standard InChI is InChI=1S/C28H14N4O/c29-15-19-1-7-23(8-2-19)25-11-5-21(17-31)13-27(25)33-28-14-22(18-32)6-12-26(28)24-9-3-20(16-30)4-10-24/h1-14H. The third-order valence-electron chi connectivity index (χ3n) is 5.09. The molecule has 0 aliphatic carbocycles. The Balaban J connectivity index is 1.84. The minimum atomic E-state index is 0.429. The molecule has 5 heteroatoms. The highest BCUT2D eigenvalue weighted by Gasteiger charge is 2.14. The largest absolute Gasteiger partial charge is 0.456 e. The number of rotatable bonds is 4. The molecule has 0 radical (unpaired) electrons. The maximum absolute atomic E-state index is 9.41. The van der Waals surface area contributed by atoms with Crippen LogP contribution in [0.15, 0.2) is 84.9 Å². The molecule has 4 aromatic rings. The third-order valence-corrected chi connectivity index (χ3v) is 5.09. The summed E-state index contributed by atoms with van der Waals surface area (Å²) in [5.41, 5.74) is 5.07. The molecule has 5 nitrogen and oxygen atoms in total. The molecule has 0 spiro atoms. The van der Waals surface area contributed by atoms with Crippen molar-refractivity contribution in [1.82, 2.24) is 0 Å². The van der Waals surface area contributed by atoms with E-state index in [4.69, 9.17) is 15.3 Å². The number of nitriles is 4. The minimum Gasteiger partial charge on any atom is -0.456 e. The SMILES string of the molecule is N#Cc1ccc(-c2ccc(C#N)cc2Oc2cc(C#N)ccc2-c2ccc(C#N)cc2)cc1. The van der Waals surface area contributed by atoms with Crippen molar-refractivity contribution in [2.75, 3.05) is 0 Å². The first-order chi connectivity index (χ1) is 16.1. The van der Waals surface area contributed by atoms with Crippen molar-refractivity contribution in [3.05, 3.63) is 107 Å². The zero-order valence-electron chi connectivity index (χ0n) is 17.3. The fourth-order valence-electron chi connectivity index (χ4n) is 3.40. The Labute approximate surface area is 191 Å². The molecule has 0 aromatic heterocycles. The van der Waals surface area contributed by atoms with Crippen LogP contribution in [-0.2, 0) is 0 Å². The van der Waals surface area contributed by atoms with Crippen LogP contribution in [0.4, 0.5) is 0 Å². The summed E-state index contributed by atoms with van der Waals surface area (Å²) in [5.74, 6) is 0.896. The molecule has 0 saturated carbocycles. The number of ether oxygens (including phenoxy) is 1. The highest BCUT2D eigenvalue weighted by molar-refractivity contribution is 5.76. The summed E-state index contributed by atoms with van der Waals surface area (Å²) in [6.45, 7) is 0. The van der Waals surface area contributed by atoms with Crippen LogP contribution < -0.4 is 4.74 Å². The van der Waals surface area contributed by atoms with E-state index in [1.165, 1.54) is 0 Å². The van der Waals surface area contributed by atoms with Gasteiger partial charge in [0.1, 0.15) is 11.5 Å². The summed E-state index contributed by atoms with van der Waals surface area (Å²) in [6.07, 6.45) is 0. The first kappa shape index (κ1) is 20.9. The Morgan fingerprint density at radius 1 is 0.424 bits per heavy atom. The van der Waals surface area contributed by atoms with Crippen LogP contribution >= 0.6 is 0 Å². The summed E-state index contributed by atoms with van der Waals surface area (Å²) in [7, 11) is 0. The van der Waals surface area contributed by atoms with Crippen molar-refractivity contribution in [1.29, 1.82) is 21.0 Å². The van der Waals surface area contributed by atoms with Gasteiger partial charge in [0.05, 0.1) is 46.5 Å². The van der Waals surface area contributed by atoms with Crippen LogP contribution in [0.25, 0.3) is 22.3 Å². The van der Waals surface area contributed by atoms with E-state index in [0.29, 0.717) is 33.8 Å². The second-order valence-electron chi connectivity index (χ2n) is 7.13. The Kier molecular flexibility index (Phi) is 5.82. The number of nitrogens with zero attached hydrogens (tertiary/aromatic N) is 4. The van der Waals surface area contributed by atoms with Gasteiger partial charge in [-0.3, -0.25) is 0 Å². The highest BCUT2D eigenvalue weighted by atomic mass is 16.5. The smallest absolute Gasteiger partial charge is 0.136 e. The molecule has 0 saturated heterocycles. The van der Waals surface area contributed by atoms with Crippen LogP contribution in [-0.4, -0.2) is 0 Å². The van der Waals surface area contributed by atoms with E-state index in [9.17, 15) is 10.5 Å². The fourth-order valence-corrected chi connectivity index (χ4v) is 3.40. The summed E-state index contributed by atoms with van der Waals surface area (Å²) < 4.78 is 6.32. The van der Waals surface area contributed by atoms with Crippen LogP contribution in [0, 0.1) is 45.3 Å². The van der Waals surface area contributed by atoms with Gasteiger partial charge in [0, 0.05) is 11.1 Å². The van der Waals surface area contributed by atoms with E-state index in [0.717, 1.165) is 22.3 Å². The van der Waals surface area contributed by atoms with E-state index < -0.39 is 0 Å². The summed E-state index contributed by atoms with van der Waals surface area (Å²) >= 11 is 0. The Hall–Kier alpha value is -5.36. The fraction of sp³-hybridized carbons (Fsp3) is 0. The molecule has 0 unspecified atom stereocenters. The van der Waals surface area contributed by atoms with E-state index in [1.807, 2.05) is 24.3 Å². The van der Waals surface area contributed by atoms with Crippen molar-refractivity contribution < 1.29 is 4.74 Å². The van der Waals surface area contributed by atoms with Crippen molar-refractivity contribution in [3.63, 3.8) is 0 Å². The van der Waals surface area contributed by atoms with Gasteiger partial charge < -0.3 is 4.74 Å². The normalized spacial score (nSPS) is 9.70. The molecule has 4 aromatic carbocycles. The van der Waals surface area contributed by atoms with Crippen molar-refractivity contribution in [2.24, 2.45) is 0 Å². The van der Waals surface area contributed by atoms with Gasteiger partial charge in [-0.1, -0.05) is 24.3 Å². The van der Waals surface area contributed by atoms with Crippen LogP contribution in [0.2, 0.25) is 0 Å². The molecule has 4 rings (SSSR count). The zero-order valence-corrected chi connectivity index (χ0v) is 17.3. The van der Waals surface area contributed by atoms with Gasteiger partial charge in [-0.15, -0.1) is 0 Å². The lowest BCUT2D eigenvalue weighted by molar-refractivity contribution is 0.486. The molecule has 0 amide bonds. The van der Waals surface area contributed by atoms with Gasteiger partial charge >= 0.3 is 0 Å². The Bertz CT molecular complexity index is 1390. The second-order valence-corrected chi connectivity index (χ2v) is 7.13. The predicted octanol–water partition coefficient (Wildman–Crippen LogP) is 6.30. The van der Waals surface area contributed by atoms with E-state index in [1.54, 1.807) is 60.7 Å². The second kappa shape index (κ2) is 9.20. The number of benzene rings is 4. The average Bonchev–Trinajstić information content (AvgIpc) is 2.88. The highest BCUT2D eigenvalue weighted by Crippen LogP contribution is 2.39. The Morgan fingerprint density at radius 3 is 1.09 bits per heavy atom. The summed E-state index contributed by atoms with van der Waals surface area (Å²) in [4.78, 5) is 0. The summed E-state index contributed by atoms with van der Waals surface area (Å²) in [6, 6.07) is 32.9. The molecule has 0 aliphatic rings. The van der Waals surface area contributed by atoms with Gasteiger partial charge in [0.15, 0.2) is 0 Å². The molecule has 0 bridgehead atoms. The molecule has 0 N–H and O–H groups in total. The minimum absolute atomic E-state index is 0.429. The zero-order chi connectivity index (χ0) is 23.2. The van der Waals surface area contributed by atoms with Crippen LogP contribution in [0.1, 0.15) is 22.3 Å². The molecular weight excluding hydrogens is 408 g/mol. The quantitative estimate of drug-likeness (QED) is 0.384. The van der Waals surface area contributed by atoms with Gasteiger partial charge in [0.25, 0.3) is 0 Å². The summed E-state index contributed by atoms with van der Waals surface area (Å²) in [5, 5.41) is 37.0. The van der Waals surface area contributed by atoms with Gasteiger partial charge in [-0.05, 0) is 71.8 Å². The van der Waals surface area contributed by atoms with Crippen molar-refractivity contribution in [2.45, 2.75) is 0 Å². The first-order valence-electron chi connectivity index (χ1n) is 9.92. The van der Waals surface area contributed by atoms with Crippen molar-refractivity contribution in [3.8, 4) is 58.0 Å². The lowest BCUT2D eigenvalue weighted by Crippen LogP contribution is -1.94. The molecule has 0 fully saturated rings. The first-order valence-corrected chi connectivity index (χ1v) is 9.92. The molecule has 0 aliphatic heterocycles. The Morgan fingerprint density at radius 2 is 0.758 bits per heavy atom. The van der Waals surface area contributed by atoms with Gasteiger partial charge in [0.2, 0.25) is 0 Å². The molecule has 0 atom stereocenters. The third kappa shape index (κ3) is 4.40. The average molecular weight is 422 g/mol. The molecule has 0 heterocycles. The topological polar surface area (TPSA) is 104 Å².